The van der Waals surface area contributed by atoms with Crippen molar-refractivity contribution in [1.82, 2.24) is 14.9 Å². The van der Waals surface area contributed by atoms with Gasteiger partial charge in [-0.1, -0.05) is 0 Å². The van der Waals surface area contributed by atoms with Gasteiger partial charge in [-0.25, -0.2) is 9.97 Å². The number of aliphatic hydroxyl groups excluding tert-OH is 1. The minimum absolute atomic E-state index is 0.135. The van der Waals surface area contributed by atoms with Gasteiger partial charge in [0, 0.05) is 38.1 Å². The van der Waals surface area contributed by atoms with Gasteiger partial charge >= 0.3 is 0 Å². The van der Waals surface area contributed by atoms with Gasteiger partial charge < -0.3 is 14.9 Å². The predicted molar refractivity (Wildman–Crippen MR) is 70.2 cm³/mol. The number of rotatable bonds is 2. The van der Waals surface area contributed by atoms with Gasteiger partial charge in [0.05, 0.1) is 4.47 Å². The van der Waals surface area contributed by atoms with Gasteiger partial charge in [-0.15, -0.1) is 0 Å². The summed E-state index contributed by atoms with van der Waals surface area (Å²) in [7, 11) is 0. The summed E-state index contributed by atoms with van der Waals surface area (Å²) in [5.74, 6) is 0.444. The standard InChI is InChI=1S/C11H15BrN4O2/c1-8-6-15(10(18)7-17)2-3-16(8)11-13-4-9(12)5-14-11/h4-5,8,17H,2-3,6-7H2,1H3. The Morgan fingerprint density at radius 2 is 2.17 bits per heavy atom. The number of aromatic nitrogens is 2. The summed E-state index contributed by atoms with van der Waals surface area (Å²) >= 11 is 3.30. The van der Waals surface area contributed by atoms with Crippen LogP contribution in [0.4, 0.5) is 5.95 Å². The molecule has 1 fully saturated rings. The summed E-state index contributed by atoms with van der Waals surface area (Å²) in [6.07, 6.45) is 3.42. The van der Waals surface area contributed by atoms with Crippen LogP contribution in [0.15, 0.2) is 16.9 Å². The van der Waals surface area contributed by atoms with Gasteiger partial charge in [0.1, 0.15) is 6.61 Å². The highest BCUT2D eigenvalue weighted by Gasteiger charge is 2.27. The molecule has 0 spiro atoms. The monoisotopic (exact) mass is 314 g/mol. The molecule has 1 aliphatic heterocycles. The van der Waals surface area contributed by atoms with Crippen LogP contribution in [0.1, 0.15) is 6.92 Å². The number of piperazine rings is 1. The lowest BCUT2D eigenvalue weighted by Crippen LogP contribution is -2.54. The molecule has 1 saturated heterocycles. The van der Waals surface area contributed by atoms with Crippen molar-refractivity contribution in [1.29, 1.82) is 0 Å². The van der Waals surface area contributed by atoms with Gasteiger partial charge in [0.25, 0.3) is 0 Å². The minimum atomic E-state index is -0.429. The Morgan fingerprint density at radius 3 is 2.72 bits per heavy atom. The summed E-state index contributed by atoms with van der Waals surface area (Å²) in [6.45, 7) is 3.43. The molecule has 2 rings (SSSR count). The zero-order valence-corrected chi connectivity index (χ0v) is 11.7. The highest BCUT2D eigenvalue weighted by molar-refractivity contribution is 9.10. The van der Waals surface area contributed by atoms with E-state index < -0.39 is 6.61 Å². The van der Waals surface area contributed by atoms with Gasteiger partial charge in [0.15, 0.2) is 0 Å². The quantitative estimate of drug-likeness (QED) is 0.848. The fourth-order valence-corrected chi connectivity index (χ4v) is 2.24. The number of amides is 1. The van der Waals surface area contributed by atoms with Crippen LogP contribution < -0.4 is 4.90 Å². The Bertz CT molecular complexity index is 426. The van der Waals surface area contributed by atoms with E-state index in [-0.39, 0.29) is 11.9 Å². The summed E-state index contributed by atoms with van der Waals surface area (Å²) in [5, 5.41) is 8.85. The maximum Gasteiger partial charge on any atom is 0.248 e. The van der Waals surface area contributed by atoms with E-state index in [9.17, 15) is 4.79 Å². The Balaban J connectivity index is 2.05. The molecule has 6 nitrogen and oxygen atoms in total. The number of nitrogens with zero attached hydrogens (tertiary/aromatic N) is 4. The van der Waals surface area contributed by atoms with Crippen LogP contribution in [0, 0.1) is 0 Å². The molecule has 1 aliphatic rings. The first kappa shape index (κ1) is 13.2. The summed E-state index contributed by atoms with van der Waals surface area (Å²) < 4.78 is 0.841. The molecule has 0 radical (unpaired) electrons. The van der Waals surface area contributed by atoms with Crippen molar-refractivity contribution in [2.45, 2.75) is 13.0 Å². The Morgan fingerprint density at radius 1 is 1.50 bits per heavy atom. The molecule has 0 aliphatic carbocycles. The molecule has 1 amide bonds. The highest BCUT2D eigenvalue weighted by Crippen LogP contribution is 2.17. The van der Waals surface area contributed by atoms with Crippen molar-refractivity contribution in [2.75, 3.05) is 31.1 Å². The van der Waals surface area contributed by atoms with Crippen molar-refractivity contribution in [3.8, 4) is 0 Å². The first-order chi connectivity index (χ1) is 8.61. The molecule has 0 saturated carbocycles. The average molecular weight is 315 g/mol. The molecule has 1 unspecified atom stereocenters. The van der Waals surface area contributed by atoms with E-state index in [4.69, 9.17) is 5.11 Å². The topological polar surface area (TPSA) is 69.6 Å². The zero-order chi connectivity index (χ0) is 13.1. The Hall–Kier alpha value is -1.21. The number of carbonyl (C=O) groups excluding carboxylic acids is 1. The molecule has 2 heterocycles. The third-order valence-corrected chi connectivity index (χ3v) is 3.39. The maximum atomic E-state index is 11.4. The molecule has 1 N–H and O–H groups in total. The van der Waals surface area contributed by atoms with Crippen LogP contribution in [-0.2, 0) is 4.79 Å². The molecule has 0 aromatic carbocycles. The minimum Gasteiger partial charge on any atom is -0.387 e. The summed E-state index contributed by atoms with van der Waals surface area (Å²) in [4.78, 5) is 23.7. The first-order valence-electron chi connectivity index (χ1n) is 5.74. The number of hydrogen-bond donors (Lipinski definition) is 1. The lowest BCUT2D eigenvalue weighted by Gasteiger charge is -2.39. The lowest BCUT2D eigenvalue weighted by molar-refractivity contribution is -0.134. The smallest absolute Gasteiger partial charge is 0.248 e. The average Bonchev–Trinajstić information content (AvgIpc) is 2.39. The molecule has 1 aromatic heterocycles. The highest BCUT2D eigenvalue weighted by atomic mass is 79.9. The lowest BCUT2D eigenvalue weighted by atomic mass is 10.2. The van der Waals surface area contributed by atoms with E-state index in [0.717, 1.165) is 4.47 Å². The van der Waals surface area contributed by atoms with Crippen LogP contribution in [0.25, 0.3) is 0 Å². The van der Waals surface area contributed by atoms with Crippen LogP contribution in [0.3, 0.4) is 0 Å². The third-order valence-electron chi connectivity index (χ3n) is 2.98. The van der Waals surface area contributed by atoms with Gasteiger partial charge in [0.2, 0.25) is 11.9 Å². The van der Waals surface area contributed by atoms with E-state index in [0.29, 0.717) is 25.6 Å². The number of aliphatic hydroxyl groups is 1. The fourth-order valence-electron chi connectivity index (χ4n) is 2.04. The normalized spacial score (nSPS) is 20.1. The SMILES string of the molecule is CC1CN(C(=O)CO)CCN1c1ncc(Br)cn1. The fraction of sp³-hybridized carbons (Fsp3) is 0.545. The van der Waals surface area contributed by atoms with E-state index >= 15 is 0 Å². The molecule has 0 bridgehead atoms. The molecule has 7 heteroatoms. The summed E-state index contributed by atoms with van der Waals surface area (Å²) in [5.41, 5.74) is 0. The second kappa shape index (κ2) is 5.62. The van der Waals surface area contributed by atoms with E-state index in [1.165, 1.54) is 0 Å². The van der Waals surface area contributed by atoms with Crippen molar-refractivity contribution in [2.24, 2.45) is 0 Å². The zero-order valence-electron chi connectivity index (χ0n) is 10.1. The van der Waals surface area contributed by atoms with E-state index in [2.05, 4.69) is 30.8 Å². The largest absolute Gasteiger partial charge is 0.387 e. The Kier molecular flexibility index (Phi) is 4.13. The number of halogens is 1. The number of hydrogen-bond acceptors (Lipinski definition) is 5. The van der Waals surface area contributed by atoms with Crippen LogP contribution in [-0.4, -0.2) is 58.2 Å². The molecular formula is C11H15BrN4O2. The van der Waals surface area contributed by atoms with Gasteiger partial charge in [-0.3, -0.25) is 4.79 Å². The Labute approximate surface area is 114 Å². The second-order valence-electron chi connectivity index (χ2n) is 4.24. The van der Waals surface area contributed by atoms with Gasteiger partial charge in [-0.05, 0) is 22.9 Å². The van der Waals surface area contributed by atoms with Crippen LogP contribution in [0.5, 0.6) is 0 Å². The van der Waals surface area contributed by atoms with Crippen molar-refractivity contribution in [3.63, 3.8) is 0 Å². The maximum absolute atomic E-state index is 11.4. The first-order valence-corrected chi connectivity index (χ1v) is 6.54. The van der Waals surface area contributed by atoms with E-state index in [1.54, 1.807) is 17.3 Å². The molecule has 18 heavy (non-hydrogen) atoms. The number of carbonyl (C=O) groups is 1. The van der Waals surface area contributed by atoms with E-state index in [1.807, 2.05) is 6.92 Å². The molecule has 1 atom stereocenters. The second-order valence-corrected chi connectivity index (χ2v) is 5.16. The van der Waals surface area contributed by atoms with Crippen molar-refractivity contribution < 1.29 is 9.90 Å². The number of anilines is 1. The third kappa shape index (κ3) is 2.78. The molecule has 1 aromatic rings. The van der Waals surface area contributed by atoms with Crippen LogP contribution >= 0.6 is 15.9 Å². The van der Waals surface area contributed by atoms with Crippen LogP contribution in [0.2, 0.25) is 0 Å². The predicted octanol–water partition coefficient (Wildman–Crippen LogP) is 0.269. The molecular weight excluding hydrogens is 300 g/mol. The molecule has 98 valence electrons. The van der Waals surface area contributed by atoms with Crippen molar-refractivity contribution in [3.05, 3.63) is 16.9 Å². The van der Waals surface area contributed by atoms with Crippen molar-refractivity contribution >= 4 is 27.8 Å². The van der Waals surface area contributed by atoms with Gasteiger partial charge in [-0.2, -0.15) is 0 Å². The summed E-state index contributed by atoms with van der Waals surface area (Å²) in [6, 6.07) is 0.135.